The maximum absolute atomic E-state index is 11.0. The molecule has 1 aromatic rings. The fourth-order valence-corrected chi connectivity index (χ4v) is 2.33. The number of benzene rings is 1. The number of hydrogen-bond acceptors (Lipinski definition) is 0. The molecule has 0 spiro atoms. The Morgan fingerprint density at radius 3 is 1.80 bits per heavy atom. The van der Waals surface area contributed by atoms with Gasteiger partial charge in [0.1, 0.15) is 0 Å². The van der Waals surface area contributed by atoms with Gasteiger partial charge in [0, 0.05) is 0 Å². The molecule has 0 aliphatic heterocycles. The molecule has 1 radical (unpaired) electrons. The van der Waals surface area contributed by atoms with Crippen LogP contribution in [0.5, 0.6) is 5.75 Å². The van der Waals surface area contributed by atoms with Crippen molar-refractivity contribution < 1.29 is 5.11 Å². The molecular weight excluding hydrogens is 184 g/mol. The average molecular weight is 205 g/mol. The molecule has 0 aliphatic rings. The fourth-order valence-electron chi connectivity index (χ4n) is 2.33. The van der Waals surface area contributed by atoms with Crippen LogP contribution in [0.25, 0.3) is 0 Å². The van der Waals surface area contributed by atoms with Crippen LogP contribution in [-0.4, -0.2) is 0 Å². The van der Waals surface area contributed by atoms with Gasteiger partial charge in [-0.2, -0.15) is 0 Å². The van der Waals surface area contributed by atoms with Crippen LogP contribution in [0, 0.1) is 5.41 Å². The minimum Gasteiger partial charge on any atom is -0.290 e. The van der Waals surface area contributed by atoms with Crippen molar-refractivity contribution in [2.45, 2.75) is 46.5 Å². The largest absolute Gasteiger partial charge is 0.290 e. The van der Waals surface area contributed by atoms with Gasteiger partial charge in [-0.05, 0) is 34.9 Å². The minimum atomic E-state index is 0.0882. The first kappa shape index (κ1) is 12.1. The van der Waals surface area contributed by atoms with Gasteiger partial charge in [-0.15, -0.1) is 0 Å². The first-order chi connectivity index (χ1) is 6.71. The molecule has 15 heavy (non-hydrogen) atoms. The van der Waals surface area contributed by atoms with E-state index < -0.39 is 0 Å². The molecule has 0 amide bonds. The lowest BCUT2D eigenvalue weighted by molar-refractivity contribution is 0.283. The van der Waals surface area contributed by atoms with Crippen molar-refractivity contribution in [3.63, 3.8) is 0 Å². The van der Waals surface area contributed by atoms with Crippen molar-refractivity contribution >= 4 is 0 Å². The van der Waals surface area contributed by atoms with Gasteiger partial charge < -0.3 is 0 Å². The predicted molar refractivity (Wildman–Crippen MR) is 63.7 cm³/mol. The van der Waals surface area contributed by atoms with E-state index in [2.05, 4.69) is 34.6 Å². The van der Waals surface area contributed by atoms with Crippen LogP contribution < -0.4 is 0 Å². The summed E-state index contributed by atoms with van der Waals surface area (Å²) in [5, 5.41) is 11.0. The summed E-state index contributed by atoms with van der Waals surface area (Å²) in [4.78, 5) is 0. The molecule has 0 N–H and O–H groups in total. The molecule has 0 bridgehead atoms. The molecule has 0 heterocycles. The molecule has 1 heteroatoms. The Morgan fingerprint density at radius 1 is 0.933 bits per heavy atom. The van der Waals surface area contributed by atoms with E-state index in [-0.39, 0.29) is 11.2 Å². The zero-order chi connectivity index (χ0) is 11.7. The Balaban J connectivity index is 2.90. The highest BCUT2D eigenvalue weighted by Gasteiger charge is 2.26. The monoisotopic (exact) mass is 205 g/mol. The topological polar surface area (TPSA) is 19.9 Å². The van der Waals surface area contributed by atoms with Crippen molar-refractivity contribution in [3.05, 3.63) is 29.8 Å². The van der Waals surface area contributed by atoms with Crippen LogP contribution in [-0.2, 0) is 10.5 Å². The van der Waals surface area contributed by atoms with E-state index in [0.29, 0.717) is 5.41 Å². The van der Waals surface area contributed by atoms with Crippen LogP contribution in [0.3, 0.4) is 0 Å². The Morgan fingerprint density at radius 2 is 1.40 bits per heavy atom. The fraction of sp³-hybridized carbons (Fsp3) is 0.571. The van der Waals surface area contributed by atoms with Gasteiger partial charge in [0.15, 0.2) is 5.75 Å². The summed E-state index contributed by atoms with van der Waals surface area (Å²) in [6, 6.07) is 7.21. The van der Waals surface area contributed by atoms with E-state index in [9.17, 15) is 5.11 Å². The van der Waals surface area contributed by atoms with Gasteiger partial charge in [0.25, 0.3) is 0 Å². The highest BCUT2D eigenvalue weighted by atomic mass is 16.3. The molecule has 1 aromatic carbocycles. The molecule has 0 atom stereocenters. The van der Waals surface area contributed by atoms with Gasteiger partial charge in [0.05, 0.1) is 0 Å². The summed E-state index contributed by atoms with van der Waals surface area (Å²) in [5.41, 5.74) is 1.68. The highest BCUT2D eigenvalue weighted by molar-refractivity contribution is 5.30. The predicted octanol–water partition coefficient (Wildman–Crippen LogP) is 4.54. The Bertz CT molecular complexity index is 314. The lowest BCUT2D eigenvalue weighted by Crippen LogP contribution is -2.24. The zero-order valence-electron chi connectivity index (χ0n) is 10.4. The van der Waals surface area contributed by atoms with Gasteiger partial charge in [-0.3, -0.25) is 5.11 Å². The molecule has 1 rings (SSSR count). The number of hydrogen-bond donors (Lipinski definition) is 0. The van der Waals surface area contributed by atoms with E-state index in [1.807, 2.05) is 12.1 Å². The van der Waals surface area contributed by atoms with Crippen molar-refractivity contribution in [2.24, 2.45) is 5.41 Å². The summed E-state index contributed by atoms with van der Waals surface area (Å²) in [6.45, 7) is 11.2. The maximum Gasteiger partial charge on any atom is 0.178 e. The van der Waals surface area contributed by atoms with E-state index in [0.717, 1.165) is 6.42 Å². The van der Waals surface area contributed by atoms with E-state index >= 15 is 0 Å². The lowest BCUT2D eigenvalue weighted by Gasteiger charge is -2.32. The van der Waals surface area contributed by atoms with E-state index in [4.69, 9.17) is 0 Å². The van der Waals surface area contributed by atoms with Gasteiger partial charge in [-0.1, -0.05) is 46.8 Å². The third-order valence-electron chi connectivity index (χ3n) is 2.61. The van der Waals surface area contributed by atoms with Gasteiger partial charge >= 0.3 is 0 Å². The first-order valence-electron chi connectivity index (χ1n) is 5.48. The molecule has 0 aromatic heterocycles. The molecule has 0 fully saturated rings. The number of rotatable bonds is 2. The molecule has 0 aliphatic carbocycles. The summed E-state index contributed by atoms with van der Waals surface area (Å²) in [5.74, 6) is 0.0882. The molecule has 0 unspecified atom stereocenters. The van der Waals surface area contributed by atoms with Crippen molar-refractivity contribution in [1.82, 2.24) is 0 Å². The molecule has 1 nitrogen and oxygen atoms in total. The molecule has 0 saturated carbocycles. The van der Waals surface area contributed by atoms with E-state index in [1.54, 1.807) is 12.1 Å². The summed E-state index contributed by atoms with van der Waals surface area (Å²) in [7, 11) is 0. The van der Waals surface area contributed by atoms with Gasteiger partial charge in [-0.25, -0.2) is 0 Å². The second-order valence-corrected chi connectivity index (χ2v) is 6.15. The summed E-state index contributed by atoms with van der Waals surface area (Å²) >= 11 is 0. The highest BCUT2D eigenvalue weighted by Crippen LogP contribution is 2.36. The van der Waals surface area contributed by atoms with Crippen LogP contribution in [0.1, 0.15) is 46.6 Å². The van der Waals surface area contributed by atoms with Crippen LogP contribution in [0.4, 0.5) is 0 Å². The third-order valence-corrected chi connectivity index (χ3v) is 2.61. The second-order valence-electron chi connectivity index (χ2n) is 6.15. The normalized spacial score (nSPS) is 12.9. The quantitative estimate of drug-likeness (QED) is 0.675. The average Bonchev–Trinajstić information content (AvgIpc) is 2.00. The zero-order valence-corrected chi connectivity index (χ0v) is 10.4. The van der Waals surface area contributed by atoms with Crippen LogP contribution in [0.2, 0.25) is 0 Å². The molecule has 83 valence electrons. The van der Waals surface area contributed by atoms with E-state index in [1.165, 1.54) is 5.56 Å². The summed E-state index contributed by atoms with van der Waals surface area (Å²) < 4.78 is 0. The van der Waals surface area contributed by atoms with Crippen molar-refractivity contribution in [2.75, 3.05) is 0 Å². The standard InChI is InChI=1S/C14H21O/c1-13(2,3)10-14(4,5)11-6-8-12(15)9-7-11/h6-9H,10H2,1-5H3. The third kappa shape index (κ3) is 3.58. The maximum atomic E-state index is 11.0. The van der Waals surface area contributed by atoms with Crippen molar-refractivity contribution in [1.29, 1.82) is 0 Å². The van der Waals surface area contributed by atoms with Crippen molar-refractivity contribution in [3.8, 4) is 5.75 Å². The Hall–Kier alpha value is -0.980. The Labute approximate surface area is 93.1 Å². The van der Waals surface area contributed by atoms with Crippen LogP contribution >= 0.6 is 0 Å². The summed E-state index contributed by atoms with van der Waals surface area (Å²) in [6.07, 6.45) is 1.11. The molecule has 0 saturated heterocycles. The van der Waals surface area contributed by atoms with Gasteiger partial charge in [0.2, 0.25) is 0 Å². The second kappa shape index (κ2) is 3.88. The van der Waals surface area contributed by atoms with Crippen LogP contribution in [0.15, 0.2) is 24.3 Å². The smallest absolute Gasteiger partial charge is 0.178 e. The lowest BCUT2D eigenvalue weighted by atomic mass is 9.72. The SMILES string of the molecule is CC(C)(C)CC(C)(C)c1ccc([O])cc1. The molecular formula is C14H21O. The minimum absolute atomic E-state index is 0.0882. The Kier molecular flexibility index (Phi) is 3.13. The first-order valence-corrected chi connectivity index (χ1v) is 5.48.